The molecule has 29 heavy (non-hydrogen) atoms. The maximum absolute atomic E-state index is 12.0. The number of thiazole rings is 1. The number of amides is 1. The lowest BCUT2D eigenvalue weighted by atomic mass is 10.2. The van der Waals surface area contributed by atoms with Crippen LogP contribution < -0.4 is 10.6 Å². The second-order valence-corrected chi connectivity index (χ2v) is 7.25. The van der Waals surface area contributed by atoms with Crippen LogP contribution in [-0.2, 0) is 11.3 Å². The molecule has 1 aromatic heterocycles. The van der Waals surface area contributed by atoms with Gasteiger partial charge in [0.15, 0.2) is 5.96 Å². The zero-order valence-corrected chi connectivity index (χ0v) is 20.5. The zero-order valence-electron chi connectivity index (χ0n) is 17.3. The van der Waals surface area contributed by atoms with Crippen molar-refractivity contribution in [3.05, 3.63) is 52.0 Å². The minimum Gasteiger partial charge on any atom is -0.375 e. The summed E-state index contributed by atoms with van der Waals surface area (Å²) in [4.78, 5) is 23.0. The summed E-state index contributed by atoms with van der Waals surface area (Å²) in [7, 11) is 5.42. The quantitative estimate of drug-likeness (QED) is 0.225. The fourth-order valence-electron chi connectivity index (χ4n) is 2.57. The number of benzene rings is 1. The fraction of sp³-hybridized carbons (Fsp3) is 0.450. The van der Waals surface area contributed by atoms with Gasteiger partial charge in [0, 0.05) is 45.2 Å². The van der Waals surface area contributed by atoms with Crippen LogP contribution >= 0.6 is 35.3 Å². The predicted molar refractivity (Wildman–Crippen MR) is 129 cm³/mol. The van der Waals surface area contributed by atoms with Gasteiger partial charge in [-0.15, -0.1) is 35.3 Å². The van der Waals surface area contributed by atoms with Crippen LogP contribution in [0.5, 0.6) is 0 Å². The highest BCUT2D eigenvalue weighted by Crippen LogP contribution is 2.20. The minimum absolute atomic E-state index is 0. The Kier molecular flexibility index (Phi) is 11.8. The van der Waals surface area contributed by atoms with Gasteiger partial charge in [-0.25, -0.2) is 4.98 Å². The highest BCUT2D eigenvalue weighted by molar-refractivity contribution is 14.0. The van der Waals surface area contributed by atoms with Crippen LogP contribution in [0.3, 0.4) is 0 Å². The van der Waals surface area contributed by atoms with Crippen LogP contribution in [0.25, 0.3) is 0 Å². The number of aromatic nitrogens is 1. The summed E-state index contributed by atoms with van der Waals surface area (Å²) < 4.78 is 5.31. The molecular formula is C20H30IN5O2S. The topological polar surface area (TPSA) is 78.9 Å². The second kappa shape index (κ2) is 13.5. The molecule has 7 nitrogen and oxygen atoms in total. The number of nitrogens with zero attached hydrogens (tertiary/aromatic N) is 3. The van der Waals surface area contributed by atoms with Crippen molar-refractivity contribution in [3.63, 3.8) is 0 Å². The van der Waals surface area contributed by atoms with E-state index in [9.17, 15) is 4.79 Å². The molecule has 0 bridgehead atoms. The highest BCUT2D eigenvalue weighted by Gasteiger charge is 2.12. The largest absolute Gasteiger partial charge is 0.375 e. The lowest BCUT2D eigenvalue weighted by Gasteiger charge is -2.21. The van der Waals surface area contributed by atoms with E-state index in [4.69, 9.17) is 4.74 Å². The maximum Gasteiger partial charge on any atom is 0.251 e. The average molecular weight is 531 g/mol. The van der Waals surface area contributed by atoms with Gasteiger partial charge in [-0.2, -0.15) is 0 Å². The number of ether oxygens (including phenoxy) is 1. The third kappa shape index (κ3) is 8.27. The number of methoxy groups -OCH3 is 1. The number of nitrogens with one attached hydrogen (secondary N) is 2. The summed E-state index contributed by atoms with van der Waals surface area (Å²) in [6, 6.07) is 9.23. The summed E-state index contributed by atoms with van der Waals surface area (Å²) in [6.45, 7) is 3.97. The first-order valence-electron chi connectivity index (χ1n) is 9.27. The molecule has 2 aromatic rings. The monoisotopic (exact) mass is 531 g/mol. The molecule has 0 saturated carbocycles. The summed E-state index contributed by atoms with van der Waals surface area (Å²) in [5, 5.41) is 9.27. The molecule has 1 aromatic carbocycles. The van der Waals surface area contributed by atoms with Crippen LogP contribution in [-0.4, -0.2) is 56.0 Å². The van der Waals surface area contributed by atoms with Crippen LogP contribution in [0.15, 0.2) is 40.7 Å². The number of rotatable bonds is 9. The van der Waals surface area contributed by atoms with Crippen LogP contribution in [0, 0.1) is 0 Å². The Labute approximate surface area is 194 Å². The van der Waals surface area contributed by atoms with Crippen molar-refractivity contribution in [1.29, 1.82) is 0 Å². The number of carbonyl (C=O) groups is 1. The number of hydrogen-bond donors (Lipinski definition) is 2. The number of carbonyl (C=O) groups excluding carboxylic acids is 1. The molecule has 9 heteroatoms. The van der Waals surface area contributed by atoms with E-state index in [1.54, 1.807) is 25.5 Å². The number of guanidine groups is 1. The van der Waals surface area contributed by atoms with Gasteiger partial charge >= 0.3 is 0 Å². The molecule has 1 unspecified atom stereocenters. The minimum atomic E-state index is -0.0493. The summed E-state index contributed by atoms with van der Waals surface area (Å²) in [6.07, 6.45) is 0.810. The Morgan fingerprint density at radius 1 is 1.28 bits per heavy atom. The van der Waals surface area contributed by atoms with Gasteiger partial charge in [-0.3, -0.25) is 9.79 Å². The Balaban J connectivity index is 0.00000420. The van der Waals surface area contributed by atoms with Crippen molar-refractivity contribution < 1.29 is 9.53 Å². The summed E-state index contributed by atoms with van der Waals surface area (Å²) >= 11 is 1.61. The normalized spacial score (nSPS) is 12.1. The van der Waals surface area contributed by atoms with Crippen molar-refractivity contribution in [2.24, 2.45) is 4.99 Å². The van der Waals surface area contributed by atoms with E-state index in [2.05, 4.69) is 20.6 Å². The fourth-order valence-corrected chi connectivity index (χ4v) is 3.41. The molecule has 2 rings (SSSR count). The number of halogens is 1. The van der Waals surface area contributed by atoms with E-state index in [-0.39, 0.29) is 36.0 Å². The Bertz CT molecular complexity index is 769. The molecule has 1 amide bonds. The molecule has 0 spiro atoms. The van der Waals surface area contributed by atoms with Gasteiger partial charge in [-0.05, 0) is 25.5 Å². The first-order chi connectivity index (χ1) is 13.5. The average Bonchev–Trinajstić information content (AvgIpc) is 3.18. The van der Waals surface area contributed by atoms with Gasteiger partial charge in [-0.1, -0.05) is 18.2 Å². The van der Waals surface area contributed by atoms with Crippen molar-refractivity contribution in [3.8, 4) is 0 Å². The van der Waals surface area contributed by atoms with Crippen molar-refractivity contribution in [2.75, 3.05) is 34.3 Å². The van der Waals surface area contributed by atoms with E-state index in [0.29, 0.717) is 18.7 Å². The van der Waals surface area contributed by atoms with Gasteiger partial charge in [0.1, 0.15) is 11.1 Å². The van der Waals surface area contributed by atoms with Crippen molar-refractivity contribution >= 4 is 47.2 Å². The van der Waals surface area contributed by atoms with E-state index in [0.717, 1.165) is 29.6 Å². The molecular weight excluding hydrogens is 501 g/mol. The molecule has 1 heterocycles. The summed E-state index contributed by atoms with van der Waals surface area (Å²) in [5.74, 6) is 0.746. The maximum atomic E-state index is 12.0. The first-order valence-corrected chi connectivity index (χ1v) is 10.1. The van der Waals surface area contributed by atoms with Crippen molar-refractivity contribution in [1.82, 2.24) is 20.5 Å². The molecule has 0 saturated heterocycles. The molecule has 1 atom stereocenters. The van der Waals surface area contributed by atoms with E-state index < -0.39 is 0 Å². The van der Waals surface area contributed by atoms with E-state index >= 15 is 0 Å². The zero-order chi connectivity index (χ0) is 20.4. The summed E-state index contributed by atoms with van der Waals surface area (Å²) in [5.41, 5.74) is 1.67. The first kappa shape index (κ1) is 25.3. The number of hydrogen-bond acceptors (Lipinski definition) is 5. The molecule has 160 valence electrons. The lowest BCUT2D eigenvalue weighted by molar-refractivity contribution is 0.0953. The molecule has 0 aliphatic rings. The number of aliphatic imine (C=N–C) groups is 1. The molecule has 2 N–H and O–H groups in total. The Hall–Kier alpha value is -1.72. The van der Waals surface area contributed by atoms with Crippen LogP contribution in [0.1, 0.15) is 40.5 Å². The van der Waals surface area contributed by atoms with Gasteiger partial charge in [0.05, 0.1) is 12.2 Å². The lowest BCUT2D eigenvalue weighted by Crippen LogP contribution is -2.39. The van der Waals surface area contributed by atoms with Crippen LogP contribution in [0.2, 0.25) is 0 Å². The Morgan fingerprint density at radius 2 is 1.97 bits per heavy atom. The molecule has 0 aliphatic carbocycles. The molecule has 0 aliphatic heterocycles. The molecule has 0 fully saturated rings. The Morgan fingerprint density at radius 3 is 2.62 bits per heavy atom. The van der Waals surface area contributed by atoms with Gasteiger partial charge < -0.3 is 20.3 Å². The van der Waals surface area contributed by atoms with Gasteiger partial charge in [0.2, 0.25) is 0 Å². The van der Waals surface area contributed by atoms with Crippen molar-refractivity contribution in [2.45, 2.75) is 26.0 Å². The highest BCUT2D eigenvalue weighted by atomic mass is 127. The second-order valence-electron chi connectivity index (χ2n) is 6.36. The smallest absolute Gasteiger partial charge is 0.251 e. The van der Waals surface area contributed by atoms with E-state index in [1.807, 2.05) is 54.6 Å². The SMILES string of the molecule is CN=C(NCCCNC(=O)c1ccccc1)N(C)Cc1csc(C(C)OC)n1.I. The third-order valence-corrected chi connectivity index (χ3v) is 5.26. The predicted octanol–water partition coefficient (Wildman–Crippen LogP) is 3.30. The molecule has 0 radical (unpaired) electrons. The van der Waals surface area contributed by atoms with Gasteiger partial charge in [0.25, 0.3) is 5.91 Å². The van der Waals surface area contributed by atoms with Crippen LogP contribution in [0.4, 0.5) is 0 Å². The third-order valence-electron chi connectivity index (χ3n) is 4.20. The van der Waals surface area contributed by atoms with E-state index in [1.165, 1.54) is 0 Å². The standard InChI is InChI=1S/C20H29N5O2S.HI/c1-15(27-4)19-24-17(14-28-19)13-25(3)20(21-2)23-12-8-11-22-18(26)16-9-6-5-7-10-16;/h5-7,9-10,14-15H,8,11-13H2,1-4H3,(H,21,23)(H,22,26);1H.